The Balaban J connectivity index is 1.84. The lowest BCUT2D eigenvalue weighted by Crippen LogP contribution is -2.42. The summed E-state index contributed by atoms with van der Waals surface area (Å²) in [4.78, 5) is 1.07. The van der Waals surface area contributed by atoms with Crippen LogP contribution >= 0.6 is 11.3 Å². The summed E-state index contributed by atoms with van der Waals surface area (Å²) in [6.07, 6.45) is 4.95. The Bertz CT molecular complexity index is 336. The zero-order valence-corrected chi connectivity index (χ0v) is 12.2. The summed E-state index contributed by atoms with van der Waals surface area (Å²) in [5, 5.41) is 15.7. The molecule has 1 fully saturated rings. The Hall–Kier alpha value is -0.380. The van der Waals surface area contributed by atoms with E-state index in [1.165, 1.54) is 25.7 Å². The van der Waals surface area contributed by atoms with Gasteiger partial charge in [0.2, 0.25) is 0 Å². The van der Waals surface area contributed by atoms with Gasteiger partial charge in [0.1, 0.15) is 6.10 Å². The van der Waals surface area contributed by atoms with Gasteiger partial charge in [-0.15, -0.1) is 11.3 Å². The van der Waals surface area contributed by atoms with E-state index in [-0.39, 0.29) is 6.10 Å². The third-order valence-corrected chi connectivity index (χ3v) is 5.09. The number of hydrogen-bond acceptors (Lipinski definition) is 3. The van der Waals surface area contributed by atoms with E-state index in [0.717, 1.165) is 16.7 Å². The van der Waals surface area contributed by atoms with Crippen molar-refractivity contribution in [3.8, 4) is 0 Å². The van der Waals surface area contributed by atoms with Gasteiger partial charge in [-0.05, 0) is 36.1 Å². The third kappa shape index (κ3) is 3.56. The first-order valence-corrected chi connectivity index (χ1v) is 8.01. The fourth-order valence-corrected chi connectivity index (χ4v) is 3.77. The number of rotatable bonds is 5. The predicted octanol–water partition coefficient (Wildman–Crippen LogP) is 3.59. The van der Waals surface area contributed by atoms with Gasteiger partial charge in [0.05, 0.1) is 0 Å². The first-order valence-electron chi connectivity index (χ1n) is 7.13. The molecule has 3 unspecified atom stereocenters. The molecule has 0 aliphatic heterocycles. The molecule has 0 saturated heterocycles. The van der Waals surface area contributed by atoms with Crippen molar-refractivity contribution < 1.29 is 5.11 Å². The van der Waals surface area contributed by atoms with Crippen molar-refractivity contribution in [1.82, 2.24) is 5.32 Å². The maximum absolute atomic E-state index is 10.1. The van der Waals surface area contributed by atoms with E-state index >= 15 is 0 Å². The molecule has 0 radical (unpaired) electrons. The third-order valence-electron chi connectivity index (χ3n) is 4.12. The molecule has 1 aromatic rings. The Morgan fingerprint density at radius 1 is 1.39 bits per heavy atom. The monoisotopic (exact) mass is 267 g/mol. The molecule has 0 bridgehead atoms. The highest BCUT2D eigenvalue weighted by Gasteiger charge is 2.27. The molecule has 3 heteroatoms. The van der Waals surface area contributed by atoms with Crippen molar-refractivity contribution in [3.05, 3.63) is 22.4 Å². The number of aliphatic hydroxyl groups is 1. The summed E-state index contributed by atoms with van der Waals surface area (Å²) in [6, 6.07) is 4.60. The molecular weight excluding hydrogens is 242 g/mol. The standard InChI is InChI=1S/C15H25NOS/c1-11(2)12-6-3-4-7-13(12)16-10-14(17)15-8-5-9-18-15/h5,8-9,11-14,16-17H,3-4,6-7,10H2,1-2H3. The van der Waals surface area contributed by atoms with Crippen LogP contribution in [0.2, 0.25) is 0 Å². The van der Waals surface area contributed by atoms with Crippen LogP contribution in [0.1, 0.15) is 50.5 Å². The average Bonchev–Trinajstić information content (AvgIpc) is 2.90. The molecule has 1 saturated carbocycles. The van der Waals surface area contributed by atoms with Crippen molar-refractivity contribution in [2.45, 2.75) is 51.7 Å². The van der Waals surface area contributed by atoms with Crippen molar-refractivity contribution in [2.75, 3.05) is 6.54 Å². The smallest absolute Gasteiger partial charge is 0.101 e. The van der Waals surface area contributed by atoms with E-state index in [0.29, 0.717) is 12.6 Å². The van der Waals surface area contributed by atoms with Crippen molar-refractivity contribution in [2.24, 2.45) is 11.8 Å². The summed E-state index contributed by atoms with van der Waals surface area (Å²) in [5.41, 5.74) is 0. The topological polar surface area (TPSA) is 32.3 Å². The van der Waals surface area contributed by atoms with Gasteiger partial charge in [-0.3, -0.25) is 0 Å². The lowest BCUT2D eigenvalue weighted by molar-refractivity contribution is 0.146. The van der Waals surface area contributed by atoms with Gasteiger partial charge in [0.25, 0.3) is 0 Å². The van der Waals surface area contributed by atoms with Crippen LogP contribution in [0.5, 0.6) is 0 Å². The Labute approximate surface area is 114 Å². The van der Waals surface area contributed by atoms with Gasteiger partial charge in [-0.1, -0.05) is 32.8 Å². The van der Waals surface area contributed by atoms with Gasteiger partial charge < -0.3 is 10.4 Å². The number of hydrogen-bond donors (Lipinski definition) is 2. The Morgan fingerprint density at radius 2 is 2.17 bits per heavy atom. The second-order valence-electron chi connectivity index (χ2n) is 5.74. The molecular formula is C15H25NOS. The lowest BCUT2D eigenvalue weighted by atomic mass is 9.78. The highest BCUT2D eigenvalue weighted by Crippen LogP contribution is 2.30. The van der Waals surface area contributed by atoms with Crippen LogP contribution in [-0.2, 0) is 0 Å². The minimum Gasteiger partial charge on any atom is -0.386 e. The molecule has 1 heterocycles. The fraction of sp³-hybridized carbons (Fsp3) is 0.733. The van der Waals surface area contributed by atoms with Crippen LogP contribution in [0.3, 0.4) is 0 Å². The van der Waals surface area contributed by atoms with E-state index in [1.807, 2.05) is 17.5 Å². The summed E-state index contributed by atoms with van der Waals surface area (Å²) < 4.78 is 0. The molecule has 0 spiro atoms. The van der Waals surface area contributed by atoms with E-state index in [2.05, 4.69) is 19.2 Å². The first kappa shape index (κ1) is 14.0. The Morgan fingerprint density at radius 3 is 2.83 bits per heavy atom. The maximum atomic E-state index is 10.1. The maximum Gasteiger partial charge on any atom is 0.101 e. The summed E-state index contributed by atoms with van der Waals surface area (Å²) in [6.45, 7) is 5.33. The number of thiophene rings is 1. The van der Waals surface area contributed by atoms with Gasteiger partial charge in [-0.25, -0.2) is 0 Å². The minimum absolute atomic E-state index is 0.347. The largest absolute Gasteiger partial charge is 0.386 e. The van der Waals surface area contributed by atoms with Crippen LogP contribution in [0.25, 0.3) is 0 Å². The molecule has 2 nitrogen and oxygen atoms in total. The van der Waals surface area contributed by atoms with E-state index in [9.17, 15) is 5.11 Å². The molecule has 0 aromatic carbocycles. The van der Waals surface area contributed by atoms with E-state index in [4.69, 9.17) is 0 Å². The summed E-state index contributed by atoms with van der Waals surface area (Å²) in [7, 11) is 0. The van der Waals surface area contributed by atoms with Crippen LogP contribution in [-0.4, -0.2) is 17.7 Å². The van der Waals surface area contributed by atoms with Crippen molar-refractivity contribution >= 4 is 11.3 Å². The normalized spacial score (nSPS) is 26.4. The molecule has 3 atom stereocenters. The fourth-order valence-electron chi connectivity index (χ4n) is 3.06. The second-order valence-corrected chi connectivity index (χ2v) is 6.72. The highest BCUT2D eigenvalue weighted by atomic mass is 32.1. The van der Waals surface area contributed by atoms with Crippen LogP contribution in [0.4, 0.5) is 0 Å². The molecule has 102 valence electrons. The van der Waals surface area contributed by atoms with E-state index in [1.54, 1.807) is 11.3 Å². The molecule has 0 amide bonds. The lowest BCUT2D eigenvalue weighted by Gasteiger charge is -2.35. The van der Waals surface area contributed by atoms with Crippen molar-refractivity contribution in [1.29, 1.82) is 0 Å². The van der Waals surface area contributed by atoms with E-state index < -0.39 is 0 Å². The first-order chi connectivity index (χ1) is 8.68. The SMILES string of the molecule is CC(C)C1CCCCC1NCC(O)c1cccs1. The minimum atomic E-state index is -0.347. The zero-order valence-electron chi connectivity index (χ0n) is 11.4. The van der Waals surface area contributed by atoms with Gasteiger partial charge in [0.15, 0.2) is 0 Å². The number of aliphatic hydroxyl groups excluding tert-OH is 1. The molecule has 18 heavy (non-hydrogen) atoms. The molecule has 1 aliphatic rings. The molecule has 2 rings (SSSR count). The molecule has 2 N–H and O–H groups in total. The predicted molar refractivity (Wildman–Crippen MR) is 77.9 cm³/mol. The van der Waals surface area contributed by atoms with Gasteiger partial charge in [-0.2, -0.15) is 0 Å². The summed E-state index contributed by atoms with van der Waals surface area (Å²) in [5.74, 6) is 1.51. The van der Waals surface area contributed by atoms with Crippen LogP contribution < -0.4 is 5.32 Å². The zero-order chi connectivity index (χ0) is 13.0. The van der Waals surface area contributed by atoms with Crippen LogP contribution in [0, 0.1) is 11.8 Å². The average molecular weight is 267 g/mol. The second kappa shape index (κ2) is 6.69. The molecule has 1 aromatic heterocycles. The summed E-state index contributed by atoms with van der Waals surface area (Å²) >= 11 is 1.63. The quantitative estimate of drug-likeness (QED) is 0.854. The van der Waals surface area contributed by atoms with Crippen molar-refractivity contribution in [3.63, 3.8) is 0 Å². The van der Waals surface area contributed by atoms with Gasteiger partial charge in [0, 0.05) is 17.5 Å². The Kier molecular flexibility index (Phi) is 5.22. The molecule has 1 aliphatic carbocycles. The van der Waals surface area contributed by atoms with Gasteiger partial charge >= 0.3 is 0 Å². The van der Waals surface area contributed by atoms with Crippen LogP contribution in [0.15, 0.2) is 17.5 Å². The number of nitrogens with one attached hydrogen (secondary N) is 1. The highest BCUT2D eigenvalue weighted by molar-refractivity contribution is 7.10.